The van der Waals surface area contributed by atoms with Gasteiger partial charge in [0.05, 0.1) is 0 Å². The van der Waals surface area contributed by atoms with Crippen LogP contribution in [0.25, 0.3) is 0 Å². The summed E-state index contributed by atoms with van der Waals surface area (Å²) in [7, 11) is 0. The van der Waals surface area contributed by atoms with Gasteiger partial charge in [0.25, 0.3) is 0 Å². The van der Waals surface area contributed by atoms with Crippen molar-refractivity contribution in [2.75, 3.05) is 0 Å². The summed E-state index contributed by atoms with van der Waals surface area (Å²) in [6.07, 6.45) is 0. The molecule has 0 spiro atoms. The second kappa shape index (κ2) is 6.55. The lowest BCUT2D eigenvalue weighted by Gasteiger charge is -2.22. The van der Waals surface area contributed by atoms with Crippen LogP contribution in [0.4, 0.5) is 0 Å². The van der Waals surface area contributed by atoms with Gasteiger partial charge in [-0.15, -0.1) is 0 Å². The van der Waals surface area contributed by atoms with Crippen LogP contribution < -0.4 is 5.32 Å². The van der Waals surface area contributed by atoms with Gasteiger partial charge in [0, 0.05) is 16.6 Å². The van der Waals surface area contributed by atoms with Crippen LogP contribution in [-0.4, -0.2) is 0 Å². The van der Waals surface area contributed by atoms with Gasteiger partial charge in [0.1, 0.15) is 0 Å². The Morgan fingerprint density at radius 1 is 0.950 bits per heavy atom. The summed E-state index contributed by atoms with van der Waals surface area (Å²) in [5, 5.41) is 3.69. The molecule has 0 fully saturated rings. The van der Waals surface area contributed by atoms with Crippen LogP contribution in [-0.2, 0) is 0 Å². The van der Waals surface area contributed by atoms with Gasteiger partial charge in [-0.25, -0.2) is 0 Å². The molecule has 0 bridgehead atoms. The molecule has 1 N–H and O–H groups in total. The Morgan fingerprint density at radius 2 is 1.70 bits per heavy atom. The molecule has 0 aliphatic heterocycles. The molecule has 0 heterocycles. The molecule has 2 aromatic carbocycles. The third-order valence-electron chi connectivity index (χ3n) is 3.75. The Hall–Kier alpha value is -1.12. The molecule has 0 aromatic heterocycles. The molecule has 0 saturated carbocycles. The van der Waals surface area contributed by atoms with E-state index in [9.17, 15) is 0 Å². The number of benzene rings is 2. The van der Waals surface area contributed by atoms with Crippen molar-refractivity contribution in [3.05, 3.63) is 69.2 Å². The molecule has 0 amide bonds. The molecule has 1 nitrogen and oxygen atoms in total. The molecular weight excluding hydrogens is 310 g/mol. The molecular formula is C18H22BrN. The van der Waals surface area contributed by atoms with Crippen LogP contribution in [0, 0.1) is 13.8 Å². The number of rotatable bonds is 4. The second-order valence-corrected chi connectivity index (χ2v) is 6.44. The average Bonchev–Trinajstić information content (AvgIpc) is 2.41. The Labute approximate surface area is 130 Å². The number of halogens is 1. The summed E-state index contributed by atoms with van der Waals surface area (Å²) in [4.78, 5) is 0. The quantitative estimate of drug-likeness (QED) is 0.782. The maximum Gasteiger partial charge on any atom is 0.0300 e. The third-order valence-corrected chi connectivity index (χ3v) is 4.24. The Bertz CT molecular complexity index is 592. The summed E-state index contributed by atoms with van der Waals surface area (Å²) in [5.41, 5.74) is 5.34. The van der Waals surface area contributed by atoms with E-state index < -0.39 is 0 Å². The van der Waals surface area contributed by atoms with Gasteiger partial charge in [-0.1, -0.05) is 51.8 Å². The Balaban J connectivity index is 2.15. The van der Waals surface area contributed by atoms with E-state index in [1.165, 1.54) is 22.3 Å². The van der Waals surface area contributed by atoms with Gasteiger partial charge in [-0.05, 0) is 56.5 Å². The molecule has 2 heteroatoms. The molecule has 0 aliphatic carbocycles. The Kier molecular flexibility index (Phi) is 5.00. The van der Waals surface area contributed by atoms with Crippen LogP contribution >= 0.6 is 15.9 Å². The summed E-state index contributed by atoms with van der Waals surface area (Å²) < 4.78 is 1.13. The van der Waals surface area contributed by atoms with Gasteiger partial charge in [-0.2, -0.15) is 0 Å². The topological polar surface area (TPSA) is 12.0 Å². The van der Waals surface area contributed by atoms with Gasteiger partial charge >= 0.3 is 0 Å². The lowest BCUT2D eigenvalue weighted by molar-refractivity contribution is 0.493. The van der Waals surface area contributed by atoms with E-state index in [1.807, 2.05) is 0 Å². The molecule has 1 unspecified atom stereocenters. The average molecular weight is 332 g/mol. The lowest BCUT2D eigenvalue weighted by atomic mass is 9.98. The number of aryl methyl sites for hydroxylation is 2. The van der Waals surface area contributed by atoms with Gasteiger partial charge < -0.3 is 5.32 Å². The summed E-state index contributed by atoms with van der Waals surface area (Å²) in [6.45, 7) is 8.77. The summed E-state index contributed by atoms with van der Waals surface area (Å²) in [6, 6.07) is 15.8. The zero-order valence-corrected chi connectivity index (χ0v) is 14.2. The first-order chi connectivity index (χ1) is 9.47. The standard InChI is InChI=1S/C18H22BrN/c1-12-8-9-13(2)18(10-12)15(4)20-14(3)16-6-5-7-17(19)11-16/h5-11,14-15,20H,1-4H3/t14-,15?/m0/s1. The molecule has 106 valence electrons. The molecule has 2 aromatic rings. The summed E-state index contributed by atoms with van der Waals surface area (Å²) >= 11 is 3.53. The normalized spacial score (nSPS) is 14.1. The van der Waals surface area contributed by atoms with Crippen molar-refractivity contribution in [1.82, 2.24) is 5.32 Å². The van der Waals surface area contributed by atoms with E-state index in [4.69, 9.17) is 0 Å². The largest absolute Gasteiger partial charge is 0.304 e. The fraction of sp³-hybridized carbons (Fsp3) is 0.333. The van der Waals surface area contributed by atoms with Crippen LogP contribution in [0.2, 0.25) is 0 Å². The molecule has 0 radical (unpaired) electrons. The first kappa shape index (κ1) is 15.3. The highest BCUT2D eigenvalue weighted by molar-refractivity contribution is 9.10. The van der Waals surface area contributed by atoms with Crippen LogP contribution in [0.1, 0.15) is 48.2 Å². The number of hydrogen-bond acceptors (Lipinski definition) is 1. The second-order valence-electron chi connectivity index (χ2n) is 5.53. The van der Waals surface area contributed by atoms with E-state index in [0.717, 1.165) is 4.47 Å². The van der Waals surface area contributed by atoms with Crippen molar-refractivity contribution in [3.63, 3.8) is 0 Å². The smallest absolute Gasteiger partial charge is 0.0300 e. The van der Waals surface area contributed by atoms with E-state index >= 15 is 0 Å². The maximum absolute atomic E-state index is 3.69. The van der Waals surface area contributed by atoms with E-state index in [1.54, 1.807) is 0 Å². The van der Waals surface area contributed by atoms with Crippen molar-refractivity contribution in [3.8, 4) is 0 Å². The van der Waals surface area contributed by atoms with E-state index in [0.29, 0.717) is 12.1 Å². The van der Waals surface area contributed by atoms with Crippen molar-refractivity contribution >= 4 is 15.9 Å². The predicted octanol–water partition coefficient (Wildman–Crippen LogP) is 5.48. The van der Waals surface area contributed by atoms with Gasteiger partial charge in [0.15, 0.2) is 0 Å². The minimum atomic E-state index is 0.322. The van der Waals surface area contributed by atoms with Crippen molar-refractivity contribution < 1.29 is 0 Å². The zero-order valence-electron chi connectivity index (χ0n) is 12.6. The summed E-state index contributed by atoms with van der Waals surface area (Å²) in [5.74, 6) is 0. The predicted molar refractivity (Wildman–Crippen MR) is 90.0 cm³/mol. The number of nitrogens with one attached hydrogen (secondary N) is 1. The monoisotopic (exact) mass is 331 g/mol. The highest BCUT2D eigenvalue weighted by atomic mass is 79.9. The van der Waals surface area contributed by atoms with Crippen molar-refractivity contribution in [2.45, 2.75) is 39.8 Å². The molecule has 0 saturated heterocycles. The molecule has 0 aliphatic rings. The highest BCUT2D eigenvalue weighted by Crippen LogP contribution is 2.24. The fourth-order valence-electron chi connectivity index (χ4n) is 2.56. The first-order valence-corrected chi connectivity index (χ1v) is 7.85. The van der Waals surface area contributed by atoms with Gasteiger partial charge in [-0.3, -0.25) is 0 Å². The highest BCUT2D eigenvalue weighted by Gasteiger charge is 2.13. The Morgan fingerprint density at radius 3 is 2.40 bits per heavy atom. The SMILES string of the molecule is Cc1ccc(C)c(C(C)N[C@@H](C)c2cccc(Br)c2)c1. The minimum Gasteiger partial charge on any atom is -0.304 e. The molecule has 20 heavy (non-hydrogen) atoms. The first-order valence-electron chi connectivity index (χ1n) is 7.06. The van der Waals surface area contributed by atoms with E-state index in [-0.39, 0.29) is 0 Å². The molecule has 2 rings (SSSR count). The lowest BCUT2D eigenvalue weighted by Crippen LogP contribution is -2.23. The van der Waals surface area contributed by atoms with Crippen molar-refractivity contribution in [2.24, 2.45) is 0 Å². The molecule has 2 atom stereocenters. The van der Waals surface area contributed by atoms with Crippen LogP contribution in [0.15, 0.2) is 46.9 Å². The van der Waals surface area contributed by atoms with Crippen LogP contribution in [0.3, 0.4) is 0 Å². The van der Waals surface area contributed by atoms with E-state index in [2.05, 4.69) is 91.4 Å². The third kappa shape index (κ3) is 3.71. The van der Waals surface area contributed by atoms with Crippen molar-refractivity contribution in [1.29, 1.82) is 0 Å². The zero-order chi connectivity index (χ0) is 14.7. The maximum atomic E-state index is 3.69. The van der Waals surface area contributed by atoms with Crippen LogP contribution in [0.5, 0.6) is 0 Å². The number of hydrogen-bond donors (Lipinski definition) is 1. The fourth-order valence-corrected chi connectivity index (χ4v) is 2.98. The van der Waals surface area contributed by atoms with Gasteiger partial charge in [0.2, 0.25) is 0 Å². The minimum absolute atomic E-state index is 0.322.